The highest BCUT2D eigenvalue weighted by atomic mass is 127. The summed E-state index contributed by atoms with van der Waals surface area (Å²) in [6.07, 6.45) is 1.60. The zero-order chi connectivity index (χ0) is 23.7. The number of hydrogen-bond acceptors (Lipinski definition) is 5. The zero-order valence-electron chi connectivity index (χ0n) is 18.8. The number of hydrogen-bond donors (Lipinski definition) is 1. The van der Waals surface area contributed by atoms with E-state index in [1.807, 2.05) is 37.3 Å². The monoisotopic (exact) mass is 553 g/mol. The van der Waals surface area contributed by atoms with Crippen LogP contribution in [-0.4, -0.2) is 28.1 Å². The highest BCUT2D eigenvalue weighted by molar-refractivity contribution is 14.1. The van der Waals surface area contributed by atoms with E-state index in [1.165, 1.54) is 4.68 Å². The van der Waals surface area contributed by atoms with Gasteiger partial charge in [0.15, 0.2) is 5.82 Å². The van der Waals surface area contributed by atoms with E-state index >= 15 is 0 Å². The summed E-state index contributed by atoms with van der Waals surface area (Å²) in [7, 11) is 1.66. The topological polar surface area (TPSA) is 76.7 Å². The van der Waals surface area contributed by atoms with Gasteiger partial charge in [0.2, 0.25) is 0 Å². The molecule has 7 heteroatoms. The minimum Gasteiger partial charge on any atom is -0.507 e. The van der Waals surface area contributed by atoms with Crippen molar-refractivity contribution in [1.29, 1.82) is 0 Å². The number of methoxy groups -OCH3 is 1. The van der Waals surface area contributed by atoms with Gasteiger partial charge < -0.3 is 9.84 Å². The fourth-order valence-corrected chi connectivity index (χ4v) is 4.24. The smallest absolute Gasteiger partial charge is 0.282 e. The van der Waals surface area contributed by atoms with Gasteiger partial charge in [0.25, 0.3) is 5.56 Å². The van der Waals surface area contributed by atoms with Gasteiger partial charge in [-0.05, 0) is 94.6 Å². The summed E-state index contributed by atoms with van der Waals surface area (Å²) < 4.78 is 7.64. The van der Waals surface area contributed by atoms with Crippen molar-refractivity contribution in [2.24, 2.45) is 5.10 Å². The van der Waals surface area contributed by atoms with E-state index < -0.39 is 0 Å². The summed E-state index contributed by atoms with van der Waals surface area (Å²) in [5.74, 6) is 1.70. The largest absolute Gasteiger partial charge is 0.507 e. The molecule has 0 aliphatic rings. The summed E-state index contributed by atoms with van der Waals surface area (Å²) in [5.41, 5.74) is 3.91. The molecule has 168 valence electrons. The van der Waals surface area contributed by atoms with Gasteiger partial charge in [0.05, 0.1) is 27.8 Å². The molecule has 1 heterocycles. The van der Waals surface area contributed by atoms with Gasteiger partial charge in [0, 0.05) is 5.56 Å². The number of aromatic hydroxyl groups is 1. The summed E-state index contributed by atoms with van der Waals surface area (Å²) in [5, 5.41) is 14.8. The molecule has 0 bridgehead atoms. The molecule has 6 nitrogen and oxygen atoms in total. The predicted octanol–water partition coefficient (Wildman–Crippen LogP) is 5.70. The fourth-order valence-electron chi connectivity index (χ4n) is 3.70. The van der Waals surface area contributed by atoms with Crippen LogP contribution < -0.4 is 10.3 Å². The van der Waals surface area contributed by atoms with Crippen molar-refractivity contribution >= 4 is 39.7 Å². The van der Waals surface area contributed by atoms with Crippen LogP contribution in [0.2, 0.25) is 0 Å². The third-order valence-electron chi connectivity index (χ3n) is 5.49. The quantitative estimate of drug-likeness (QED) is 0.254. The van der Waals surface area contributed by atoms with Crippen molar-refractivity contribution in [3.8, 4) is 22.9 Å². The first-order valence-electron chi connectivity index (χ1n) is 10.5. The van der Waals surface area contributed by atoms with Gasteiger partial charge in [-0.3, -0.25) is 4.79 Å². The number of fused-ring (bicyclic) bond motifs is 1. The molecule has 0 aliphatic carbocycles. The van der Waals surface area contributed by atoms with Gasteiger partial charge in [-0.1, -0.05) is 26.0 Å². The van der Waals surface area contributed by atoms with Gasteiger partial charge in [-0.2, -0.15) is 9.78 Å². The highest BCUT2D eigenvalue weighted by Crippen LogP contribution is 2.34. The number of nitrogens with zero attached hydrogens (tertiary/aromatic N) is 3. The summed E-state index contributed by atoms with van der Waals surface area (Å²) in [6, 6.07) is 16.4. The average molecular weight is 553 g/mol. The Morgan fingerprint density at radius 3 is 2.61 bits per heavy atom. The lowest BCUT2D eigenvalue weighted by Gasteiger charge is -2.17. The third kappa shape index (κ3) is 4.50. The number of phenolic OH excluding ortho intramolecular Hbond substituents is 1. The molecular weight excluding hydrogens is 529 g/mol. The molecule has 0 spiro atoms. The standard InChI is InChI=1S/C26H24IN3O3/c1-15(2)19-13-20(16(3)11-24(19)33-4)25-29-22-8-6-5-7-18(22)26(32)30(25)28-14-17-9-10-23(31)21(27)12-17/h5-15,31H,1-4H3. The normalized spacial score (nSPS) is 11.6. The lowest BCUT2D eigenvalue weighted by molar-refractivity contribution is 0.407. The molecule has 3 aromatic carbocycles. The van der Waals surface area contributed by atoms with Crippen LogP contribution in [0.5, 0.6) is 11.5 Å². The molecule has 4 aromatic rings. The van der Waals surface area contributed by atoms with E-state index in [0.717, 1.165) is 28.0 Å². The maximum Gasteiger partial charge on any atom is 0.282 e. The second-order valence-corrected chi connectivity index (χ2v) is 9.25. The number of para-hydroxylation sites is 1. The Hall–Kier alpha value is -3.20. The summed E-state index contributed by atoms with van der Waals surface area (Å²) >= 11 is 2.05. The lowest BCUT2D eigenvalue weighted by atomic mass is 9.96. The van der Waals surface area contributed by atoms with Crippen LogP contribution >= 0.6 is 22.6 Å². The molecule has 0 amide bonds. The molecule has 33 heavy (non-hydrogen) atoms. The van der Waals surface area contributed by atoms with E-state index in [-0.39, 0.29) is 17.2 Å². The van der Waals surface area contributed by atoms with E-state index in [0.29, 0.717) is 20.3 Å². The molecule has 0 saturated carbocycles. The Kier molecular flexibility index (Phi) is 6.51. The van der Waals surface area contributed by atoms with Crippen LogP contribution in [0.4, 0.5) is 0 Å². The SMILES string of the molecule is COc1cc(C)c(-c2nc3ccccc3c(=O)n2N=Cc2ccc(O)c(I)c2)cc1C(C)C. The molecule has 4 rings (SSSR count). The Balaban J connectivity index is 1.98. The van der Waals surface area contributed by atoms with Crippen molar-refractivity contribution in [1.82, 2.24) is 9.66 Å². The number of ether oxygens (including phenoxy) is 1. The van der Waals surface area contributed by atoms with Crippen molar-refractivity contribution in [3.05, 3.63) is 85.2 Å². The Bertz CT molecular complexity index is 1440. The van der Waals surface area contributed by atoms with Crippen molar-refractivity contribution in [3.63, 3.8) is 0 Å². The lowest BCUT2D eigenvalue weighted by Crippen LogP contribution is -2.20. The Morgan fingerprint density at radius 1 is 1.15 bits per heavy atom. The highest BCUT2D eigenvalue weighted by Gasteiger charge is 2.18. The third-order valence-corrected chi connectivity index (χ3v) is 6.35. The molecule has 1 N–H and O–H groups in total. The Morgan fingerprint density at radius 2 is 1.91 bits per heavy atom. The van der Waals surface area contributed by atoms with E-state index in [1.54, 1.807) is 37.6 Å². The van der Waals surface area contributed by atoms with Crippen molar-refractivity contribution < 1.29 is 9.84 Å². The zero-order valence-corrected chi connectivity index (χ0v) is 21.0. The molecule has 0 radical (unpaired) electrons. The van der Waals surface area contributed by atoms with E-state index in [4.69, 9.17) is 9.72 Å². The van der Waals surface area contributed by atoms with Crippen LogP contribution in [0.15, 0.2) is 64.5 Å². The van der Waals surface area contributed by atoms with Crippen molar-refractivity contribution in [2.75, 3.05) is 7.11 Å². The Labute approximate surface area is 205 Å². The minimum atomic E-state index is -0.248. The minimum absolute atomic E-state index is 0.202. The molecule has 0 aliphatic heterocycles. The fraction of sp³-hybridized carbons (Fsp3) is 0.192. The van der Waals surface area contributed by atoms with Gasteiger partial charge in [-0.15, -0.1) is 0 Å². The molecule has 0 fully saturated rings. The van der Waals surface area contributed by atoms with Gasteiger partial charge in [-0.25, -0.2) is 4.98 Å². The number of benzene rings is 3. The van der Waals surface area contributed by atoms with Crippen molar-refractivity contribution in [2.45, 2.75) is 26.7 Å². The second-order valence-electron chi connectivity index (χ2n) is 8.09. The van der Waals surface area contributed by atoms with E-state index in [9.17, 15) is 9.90 Å². The number of halogens is 1. The van der Waals surface area contributed by atoms with Crippen LogP contribution in [0.3, 0.4) is 0 Å². The maximum absolute atomic E-state index is 13.5. The first kappa shape index (κ1) is 23.0. The van der Waals surface area contributed by atoms with Crippen LogP contribution in [-0.2, 0) is 0 Å². The molecule has 0 saturated heterocycles. The second kappa shape index (κ2) is 9.35. The average Bonchev–Trinajstić information content (AvgIpc) is 2.80. The first-order chi connectivity index (χ1) is 15.8. The van der Waals surface area contributed by atoms with Gasteiger partial charge in [0.1, 0.15) is 11.5 Å². The van der Waals surface area contributed by atoms with Crippen LogP contribution in [0, 0.1) is 10.5 Å². The number of phenols is 1. The molecule has 1 aromatic heterocycles. The van der Waals surface area contributed by atoms with Crippen LogP contribution in [0.1, 0.15) is 36.5 Å². The summed E-state index contributed by atoms with van der Waals surface area (Å²) in [6.45, 7) is 6.17. The number of aryl methyl sites for hydroxylation is 1. The number of aromatic nitrogens is 2. The predicted molar refractivity (Wildman–Crippen MR) is 141 cm³/mol. The van der Waals surface area contributed by atoms with E-state index in [2.05, 4.69) is 41.5 Å². The van der Waals surface area contributed by atoms with Crippen LogP contribution in [0.25, 0.3) is 22.3 Å². The molecule has 0 unspecified atom stereocenters. The molecular formula is C26H24IN3O3. The maximum atomic E-state index is 13.5. The van der Waals surface area contributed by atoms with Gasteiger partial charge >= 0.3 is 0 Å². The molecule has 0 atom stereocenters. The number of rotatable bonds is 5. The first-order valence-corrected chi connectivity index (χ1v) is 11.6. The summed E-state index contributed by atoms with van der Waals surface area (Å²) in [4.78, 5) is 18.3.